The smallest absolute Gasteiger partial charge is 0.232 e. The maximum Gasteiger partial charge on any atom is 0.232 e. The molecule has 0 atom stereocenters. The van der Waals surface area contributed by atoms with Crippen molar-refractivity contribution >= 4 is 33.2 Å². The molecule has 0 fully saturated rings. The van der Waals surface area contributed by atoms with Gasteiger partial charge in [-0.15, -0.1) is 0 Å². The Morgan fingerprint density at radius 1 is 1.12 bits per heavy atom. The Morgan fingerprint density at radius 3 is 2.38 bits per heavy atom. The van der Waals surface area contributed by atoms with Gasteiger partial charge >= 0.3 is 0 Å². The van der Waals surface area contributed by atoms with Gasteiger partial charge in [-0.1, -0.05) is 47.5 Å². The van der Waals surface area contributed by atoms with E-state index in [-0.39, 0.29) is 25.4 Å². The molecule has 26 heavy (non-hydrogen) atoms. The summed E-state index contributed by atoms with van der Waals surface area (Å²) in [6, 6.07) is 12.9. The van der Waals surface area contributed by atoms with Crippen LogP contribution in [0.4, 0.5) is 5.69 Å². The number of amides is 1. The fourth-order valence-corrected chi connectivity index (χ4v) is 3.73. The third-order valence-corrected chi connectivity index (χ3v) is 5.62. The number of carbonyl (C=O) groups excluding carboxylic acids is 1. The van der Waals surface area contributed by atoms with Gasteiger partial charge in [0.2, 0.25) is 15.9 Å². The first-order valence-corrected chi connectivity index (χ1v) is 10.5. The number of hydrogen-bond acceptors (Lipinski definition) is 3. The van der Waals surface area contributed by atoms with Crippen molar-refractivity contribution < 1.29 is 13.2 Å². The molecule has 140 valence electrons. The fraction of sp³-hybridized carbons (Fsp3) is 0.316. The quantitative estimate of drug-likeness (QED) is 0.784. The lowest BCUT2D eigenvalue weighted by Gasteiger charge is -2.24. The number of hydrogen-bond donors (Lipinski definition) is 1. The van der Waals surface area contributed by atoms with Crippen LogP contribution in [0.1, 0.15) is 16.7 Å². The fourth-order valence-electron chi connectivity index (χ4n) is 2.58. The lowest BCUT2D eigenvalue weighted by atomic mass is 10.1. The van der Waals surface area contributed by atoms with E-state index in [1.165, 1.54) is 4.31 Å². The van der Waals surface area contributed by atoms with E-state index in [4.69, 9.17) is 11.6 Å². The highest BCUT2D eigenvalue weighted by molar-refractivity contribution is 7.92. The predicted octanol–water partition coefficient (Wildman–Crippen LogP) is 3.08. The molecule has 0 bridgehead atoms. The topological polar surface area (TPSA) is 66.5 Å². The summed E-state index contributed by atoms with van der Waals surface area (Å²) >= 11 is 6.10. The lowest BCUT2D eigenvalue weighted by molar-refractivity contribution is -0.120. The van der Waals surface area contributed by atoms with Crippen LogP contribution in [-0.4, -0.2) is 33.7 Å². The van der Waals surface area contributed by atoms with Crippen molar-refractivity contribution in [2.24, 2.45) is 0 Å². The largest absolute Gasteiger partial charge is 0.354 e. The number of carbonyl (C=O) groups is 1. The van der Waals surface area contributed by atoms with Crippen LogP contribution in [0.2, 0.25) is 5.02 Å². The van der Waals surface area contributed by atoms with E-state index in [2.05, 4.69) is 5.32 Å². The summed E-state index contributed by atoms with van der Waals surface area (Å²) in [5.74, 6) is -0.148. The summed E-state index contributed by atoms with van der Waals surface area (Å²) in [7, 11) is -3.50. The van der Waals surface area contributed by atoms with Crippen molar-refractivity contribution in [3.8, 4) is 0 Å². The molecule has 2 aromatic rings. The van der Waals surface area contributed by atoms with Gasteiger partial charge < -0.3 is 5.32 Å². The summed E-state index contributed by atoms with van der Waals surface area (Å²) < 4.78 is 25.6. The molecule has 0 aliphatic carbocycles. The number of halogens is 1. The Bertz CT molecular complexity index is 880. The molecular weight excluding hydrogens is 372 g/mol. The molecule has 1 amide bonds. The third-order valence-electron chi connectivity index (χ3n) is 4.03. The van der Waals surface area contributed by atoms with E-state index in [1.54, 1.807) is 25.1 Å². The summed E-state index contributed by atoms with van der Waals surface area (Å²) in [5.41, 5.74) is 3.26. The lowest BCUT2D eigenvalue weighted by Crippen LogP contribution is -2.39. The Labute approximate surface area is 160 Å². The van der Waals surface area contributed by atoms with E-state index in [0.717, 1.165) is 17.4 Å². The minimum atomic E-state index is -3.50. The number of benzene rings is 2. The van der Waals surface area contributed by atoms with Gasteiger partial charge in [0.1, 0.15) is 0 Å². The van der Waals surface area contributed by atoms with Crippen LogP contribution < -0.4 is 9.62 Å². The Morgan fingerprint density at radius 2 is 1.77 bits per heavy atom. The van der Waals surface area contributed by atoms with Gasteiger partial charge in [0.25, 0.3) is 0 Å². The maximum atomic E-state index is 12.2. The number of anilines is 1. The summed E-state index contributed by atoms with van der Waals surface area (Å²) in [4.78, 5) is 12.1. The zero-order chi connectivity index (χ0) is 19.3. The molecule has 0 aliphatic rings. The normalized spacial score (nSPS) is 11.2. The van der Waals surface area contributed by atoms with Gasteiger partial charge in [-0.3, -0.25) is 9.10 Å². The highest BCUT2D eigenvalue weighted by Crippen LogP contribution is 2.27. The van der Waals surface area contributed by atoms with Crippen LogP contribution in [0.15, 0.2) is 42.5 Å². The molecule has 0 aliphatic heterocycles. The second kappa shape index (κ2) is 8.56. The first-order valence-electron chi connectivity index (χ1n) is 8.23. The zero-order valence-corrected chi connectivity index (χ0v) is 16.7. The van der Waals surface area contributed by atoms with E-state index >= 15 is 0 Å². The first kappa shape index (κ1) is 20.3. The van der Waals surface area contributed by atoms with E-state index in [0.29, 0.717) is 16.3 Å². The Balaban J connectivity index is 2.01. The SMILES string of the molecule is Cc1ccc(CC(=O)NCCN(c2cccc(Cl)c2C)S(C)(=O)=O)cc1. The number of aryl methyl sites for hydroxylation is 1. The number of rotatable bonds is 7. The highest BCUT2D eigenvalue weighted by Gasteiger charge is 2.20. The van der Waals surface area contributed by atoms with E-state index < -0.39 is 10.0 Å². The predicted molar refractivity (Wildman–Crippen MR) is 106 cm³/mol. The maximum absolute atomic E-state index is 12.2. The summed E-state index contributed by atoms with van der Waals surface area (Å²) in [5, 5.41) is 3.27. The second-order valence-electron chi connectivity index (χ2n) is 6.23. The van der Waals surface area contributed by atoms with Crippen molar-refractivity contribution in [2.45, 2.75) is 20.3 Å². The second-order valence-corrected chi connectivity index (χ2v) is 8.55. The molecule has 0 radical (unpaired) electrons. The average molecular weight is 395 g/mol. The minimum Gasteiger partial charge on any atom is -0.354 e. The van der Waals surface area contributed by atoms with Gasteiger partial charge in [0.15, 0.2) is 0 Å². The Hall–Kier alpha value is -2.05. The molecule has 7 heteroatoms. The summed E-state index contributed by atoms with van der Waals surface area (Å²) in [6.45, 7) is 4.11. The van der Waals surface area contributed by atoms with Gasteiger partial charge in [-0.25, -0.2) is 8.42 Å². The number of nitrogens with one attached hydrogen (secondary N) is 1. The molecule has 1 N–H and O–H groups in total. The molecule has 5 nitrogen and oxygen atoms in total. The van der Waals surface area contributed by atoms with Crippen molar-refractivity contribution in [1.29, 1.82) is 0 Å². The van der Waals surface area contributed by atoms with E-state index in [9.17, 15) is 13.2 Å². The Kier molecular flexibility index (Phi) is 6.67. The van der Waals surface area contributed by atoms with Crippen LogP contribution in [-0.2, 0) is 21.2 Å². The van der Waals surface area contributed by atoms with Crippen LogP contribution in [0.3, 0.4) is 0 Å². The van der Waals surface area contributed by atoms with Crippen molar-refractivity contribution in [2.75, 3.05) is 23.7 Å². The van der Waals surface area contributed by atoms with Gasteiger partial charge in [-0.2, -0.15) is 0 Å². The molecular formula is C19H23ClN2O3S. The average Bonchev–Trinajstić information content (AvgIpc) is 2.56. The minimum absolute atomic E-state index is 0.139. The molecule has 0 aromatic heterocycles. The molecule has 0 saturated heterocycles. The third kappa shape index (κ3) is 5.47. The molecule has 0 heterocycles. The van der Waals surface area contributed by atoms with Crippen LogP contribution in [0.5, 0.6) is 0 Å². The number of sulfonamides is 1. The van der Waals surface area contributed by atoms with E-state index in [1.807, 2.05) is 31.2 Å². The molecule has 0 spiro atoms. The van der Waals surface area contributed by atoms with Crippen LogP contribution in [0, 0.1) is 13.8 Å². The van der Waals surface area contributed by atoms with Crippen molar-refractivity contribution in [3.05, 3.63) is 64.2 Å². The van der Waals surface area contributed by atoms with Gasteiger partial charge in [0, 0.05) is 11.6 Å². The van der Waals surface area contributed by atoms with Gasteiger partial charge in [-0.05, 0) is 37.1 Å². The monoisotopic (exact) mass is 394 g/mol. The highest BCUT2D eigenvalue weighted by atomic mass is 35.5. The molecule has 2 rings (SSSR count). The van der Waals surface area contributed by atoms with Crippen molar-refractivity contribution in [1.82, 2.24) is 5.32 Å². The van der Waals surface area contributed by atoms with Crippen LogP contribution >= 0.6 is 11.6 Å². The number of nitrogens with zero attached hydrogens (tertiary/aromatic N) is 1. The summed E-state index contributed by atoms with van der Waals surface area (Å²) in [6.07, 6.45) is 1.40. The first-order chi connectivity index (χ1) is 12.2. The standard InChI is InChI=1S/C19H23ClN2O3S/c1-14-7-9-16(10-8-14)13-19(23)21-11-12-22(26(3,24)25)18-6-4-5-17(20)15(18)2/h4-10H,11-13H2,1-3H3,(H,21,23). The molecule has 0 unspecified atom stereocenters. The zero-order valence-electron chi connectivity index (χ0n) is 15.1. The molecule has 0 saturated carbocycles. The van der Waals surface area contributed by atoms with Crippen LogP contribution in [0.25, 0.3) is 0 Å². The van der Waals surface area contributed by atoms with Gasteiger partial charge in [0.05, 0.1) is 24.9 Å². The van der Waals surface area contributed by atoms with Crippen molar-refractivity contribution in [3.63, 3.8) is 0 Å². The molecule has 2 aromatic carbocycles.